The summed E-state index contributed by atoms with van der Waals surface area (Å²) >= 11 is 0. The first kappa shape index (κ1) is 22.8. The maximum absolute atomic E-state index is 15.2. The molecule has 34 heavy (non-hydrogen) atoms. The zero-order chi connectivity index (χ0) is 24.4. The smallest absolute Gasteiger partial charge is 0.337 e. The van der Waals surface area contributed by atoms with E-state index < -0.39 is 55.1 Å². The molecule has 0 bridgehead atoms. The van der Waals surface area contributed by atoms with Gasteiger partial charge in [0.05, 0.1) is 28.6 Å². The SMILES string of the molecule is COC(=O)c1ccc2c(C)c(F)c(-c3c(F)cc(S(=O)(=O)N4CCCC45CC5)cc3F)nc2c1. The van der Waals surface area contributed by atoms with E-state index in [0.717, 1.165) is 19.3 Å². The van der Waals surface area contributed by atoms with E-state index in [-0.39, 0.29) is 16.6 Å². The molecule has 1 aliphatic carbocycles. The second-order valence-corrected chi connectivity index (χ2v) is 10.7. The third kappa shape index (κ3) is 3.39. The molecule has 1 spiro atoms. The maximum atomic E-state index is 15.2. The second kappa shape index (κ2) is 7.78. The molecule has 1 aliphatic heterocycles. The predicted octanol–water partition coefficient (Wildman–Crippen LogP) is 4.73. The molecule has 6 nitrogen and oxygen atoms in total. The minimum atomic E-state index is -4.11. The third-order valence-electron chi connectivity index (χ3n) is 6.79. The molecule has 3 aromatic rings. The van der Waals surface area contributed by atoms with E-state index in [9.17, 15) is 13.2 Å². The molecule has 5 rings (SSSR count). The number of carbonyl (C=O) groups is 1. The van der Waals surface area contributed by atoms with Gasteiger partial charge in [-0.15, -0.1) is 0 Å². The van der Waals surface area contributed by atoms with Crippen molar-refractivity contribution in [1.29, 1.82) is 0 Å². The Morgan fingerprint density at radius 2 is 1.76 bits per heavy atom. The van der Waals surface area contributed by atoms with Crippen LogP contribution in [0.1, 0.15) is 41.6 Å². The average Bonchev–Trinajstić information content (AvgIpc) is 3.44. The van der Waals surface area contributed by atoms with E-state index in [2.05, 4.69) is 9.72 Å². The minimum Gasteiger partial charge on any atom is -0.465 e. The van der Waals surface area contributed by atoms with E-state index in [1.54, 1.807) is 0 Å². The van der Waals surface area contributed by atoms with Crippen LogP contribution < -0.4 is 0 Å². The summed E-state index contributed by atoms with van der Waals surface area (Å²) in [5.41, 5.74) is -1.45. The Morgan fingerprint density at radius 1 is 1.09 bits per heavy atom. The van der Waals surface area contributed by atoms with Gasteiger partial charge in [0.15, 0.2) is 5.82 Å². The number of halogens is 3. The number of pyridine rings is 1. The Bertz CT molecular complexity index is 1450. The van der Waals surface area contributed by atoms with E-state index in [1.165, 1.54) is 36.5 Å². The van der Waals surface area contributed by atoms with Crippen LogP contribution in [0.3, 0.4) is 0 Å². The summed E-state index contributed by atoms with van der Waals surface area (Å²) in [6.45, 7) is 1.73. The summed E-state index contributed by atoms with van der Waals surface area (Å²) in [5.74, 6) is -4.06. The van der Waals surface area contributed by atoms with Gasteiger partial charge in [0, 0.05) is 17.5 Å². The monoisotopic (exact) mass is 490 g/mol. The summed E-state index contributed by atoms with van der Waals surface area (Å²) in [6.07, 6.45) is 2.89. The van der Waals surface area contributed by atoms with Crippen molar-refractivity contribution in [3.63, 3.8) is 0 Å². The molecule has 2 fully saturated rings. The molecule has 0 radical (unpaired) electrons. The lowest BCUT2D eigenvalue weighted by Gasteiger charge is -2.24. The average molecular weight is 491 g/mol. The molecule has 0 amide bonds. The number of benzene rings is 2. The second-order valence-electron chi connectivity index (χ2n) is 8.79. The van der Waals surface area contributed by atoms with Crippen LogP contribution in [0.25, 0.3) is 22.2 Å². The molecule has 2 aliphatic rings. The highest BCUT2D eigenvalue weighted by Gasteiger charge is 2.55. The number of nitrogens with zero attached hydrogens (tertiary/aromatic N) is 2. The van der Waals surface area contributed by atoms with Crippen LogP contribution in [0.2, 0.25) is 0 Å². The van der Waals surface area contributed by atoms with Gasteiger partial charge in [-0.05, 0) is 62.4 Å². The van der Waals surface area contributed by atoms with Crippen molar-refractivity contribution in [3.05, 3.63) is 58.9 Å². The molecule has 1 aromatic heterocycles. The highest BCUT2D eigenvalue weighted by Crippen LogP contribution is 2.52. The van der Waals surface area contributed by atoms with Crippen LogP contribution in [-0.4, -0.2) is 42.9 Å². The number of hydrogen-bond donors (Lipinski definition) is 0. The van der Waals surface area contributed by atoms with Crippen LogP contribution in [0.4, 0.5) is 13.2 Å². The van der Waals surface area contributed by atoms with Crippen LogP contribution in [0.15, 0.2) is 35.2 Å². The summed E-state index contributed by atoms with van der Waals surface area (Å²) in [6, 6.07) is 5.69. The molecule has 1 saturated carbocycles. The molecule has 0 unspecified atom stereocenters. The first-order valence-corrected chi connectivity index (χ1v) is 12.2. The molecule has 0 N–H and O–H groups in total. The minimum absolute atomic E-state index is 0.0830. The largest absolute Gasteiger partial charge is 0.465 e. The van der Waals surface area contributed by atoms with Crippen molar-refractivity contribution < 1.29 is 31.1 Å². The van der Waals surface area contributed by atoms with Gasteiger partial charge in [-0.3, -0.25) is 0 Å². The lowest BCUT2D eigenvalue weighted by molar-refractivity contribution is 0.0601. The van der Waals surface area contributed by atoms with Crippen LogP contribution >= 0.6 is 0 Å². The lowest BCUT2D eigenvalue weighted by Crippen LogP contribution is -2.37. The van der Waals surface area contributed by atoms with Crippen LogP contribution in [0, 0.1) is 24.4 Å². The zero-order valence-electron chi connectivity index (χ0n) is 18.5. The standard InChI is InChI=1S/C24H21F3N2O4S/c1-13-16-5-4-14(23(30)33-2)10-19(16)28-22(21(13)27)20-17(25)11-15(12-18(20)26)34(31,32)29-9-3-6-24(29)7-8-24/h4-5,10-12H,3,6-9H2,1-2H3. The molecule has 1 saturated heterocycles. The van der Waals surface area contributed by atoms with Gasteiger partial charge in [0.25, 0.3) is 0 Å². The quantitative estimate of drug-likeness (QED) is 0.494. The highest BCUT2D eigenvalue weighted by atomic mass is 32.2. The number of aryl methyl sites for hydroxylation is 1. The Balaban J connectivity index is 1.63. The number of esters is 1. The first-order chi connectivity index (χ1) is 16.1. The summed E-state index contributed by atoms with van der Waals surface area (Å²) in [5, 5.41) is 0.359. The van der Waals surface area contributed by atoms with E-state index >= 15 is 13.2 Å². The summed E-state index contributed by atoms with van der Waals surface area (Å²) < 4.78 is 77.8. The van der Waals surface area contributed by atoms with Gasteiger partial charge < -0.3 is 4.74 Å². The van der Waals surface area contributed by atoms with Crippen LogP contribution in [0.5, 0.6) is 0 Å². The van der Waals surface area contributed by atoms with Crippen molar-refractivity contribution in [1.82, 2.24) is 9.29 Å². The number of aromatic nitrogens is 1. The summed E-state index contributed by atoms with van der Waals surface area (Å²) in [7, 11) is -2.91. The topological polar surface area (TPSA) is 76.6 Å². The van der Waals surface area contributed by atoms with Gasteiger partial charge in [-0.1, -0.05) is 6.07 Å². The zero-order valence-corrected chi connectivity index (χ0v) is 19.3. The molecule has 178 valence electrons. The fourth-order valence-corrected chi connectivity index (χ4v) is 6.71. The first-order valence-electron chi connectivity index (χ1n) is 10.8. The fraction of sp³-hybridized carbons (Fsp3) is 0.333. The number of carbonyl (C=O) groups excluding carboxylic acids is 1. The van der Waals surface area contributed by atoms with E-state index in [0.29, 0.717) is 30.5 Å². The van der Waals surface area contributed by atoms with Crippen LogP contribution in [-0.2, 0) is 14.8 Å². The van der Waals surface area contributed by atoms with Gasteiger partial charge in [0.1, 0.15) is 17.3 Å². The Kier molecular flexibility index (Phi) is 5.21. The van der Waals surface area contributed by atoms with E-state index in [4.69, 9.17) is 0 Å². The fourth-order valence-electron chi connectivity index (χ4n) is 4.80. The molecule has 0 atom stereocenters. The third-order valence-corrected chi connectivity index (χ3v) is 8.77. The van der Waals surface area contributed by atoms with Crippen molar-refractivity contribution in [3.8, 4) is 11.3 Å². The van der Waals surface area contributed by atoms with Crippen molar-refractivity contribution in [2.45, 2.75) is 43.0 Å². The van der Waals surface area contributed by atoms with Crippen molar-refractivity contribution in [2.24, 2.45) is 0 Å². The number of sulfonamides is 1. The molecule has 2 aromatic carbocycles. The lowest BCUT2D eigenvalue weighted by atomic mass is 10.0. The van der Waals surface area contributed by atoms with Gasteiger partial charge in [-0.2, -0.15) is 4.31 Å². The van der Waals surface area contributed by atoms with Crippen molar-refractivity contribution in [2.75, 3.05) is 13.7 Å². The summed E-state index contributed by atoms with van der Waals surface area (Å²) in [4.78, 5) is 15.4. The molecular formula is C24H21F3N2O4S. The normalized spacial score (nSPS) is 17.4. The van der Waals surface area contributed by atoms with Gasteiger partial charge >= 0.3 is 5.97 Å². The highest BCUT2D eigenvalue weighted by molar-refractivity contribution is 7.89. The Morgan fingerprint density at radius 3 is 2.38 bits per heavy atom. The predicted molar refractivity (Wildman–Crippen MR) is 118 cm³/mol. The molecular weight excluding hydrogens is 469 g/mol. The molecule has 10 heteroatoms. The number of methoxy groups -OCH3 is 1. The number of hydrogen-bond acceptors (Lipinski definition) is 5. The number of fused-ring (bicyclic) bond motifs is 1. The number of rotatable bonds is 4. The number of ether oxygens (including phenoxy) is 1. The maximum Gasteiger partial charge on any atom is 0.337 e. The Labute approximate surface area is 194 Å². The van der Waals surface area contributed by atoms with Gasteiger partial charge in [-0.25, -0.2) is 31.4 Å². The van der Waals surface area contributed by atoms with Gasteiger partial charge in [0.2, 0.25) is 10.0 Å². The van der Waals surface area contributed by atoms with E-state index in [1.807, 2.05) is 0 Å². The molecule has 2 heterocycles. The van der Waals surface area contributed by atoms with Crippen molar-refractivity contribution >= 4 is 26.9 Å². The Hall–Kier alpha value is -2.98.